The predicted molar refractivity (Wildman–Crippen MR) is 116 cm³/mol. The van der Waals surface area contributed by atoms with Crippen LogP contribution in [0.1, 0.15) is 59.4 Å². The molecule has 2 aromatic rings. The van der Waals surface area contributed by atoms with Crippen molar-refractivity contribution >= 4 is 0 Å². The van der Waals surface area contributed by atoms with Gasteiger partial charge in [0.25, 0.3) is 0 Å². The maximum atomic E-state index is 5.96. The minimum Gasteiger partial charge on any atom is -0.487 e. The second-order valence-electron chi connectivity index (χ2n) is 9.66. The monoisotopic (exact) mass is 384 g/mol. The number of hydrogen-bond acceptors (Lipinski definition) is 3. The average molecular weight is 385 g/mol. The molecule has 0 radical (unpaired) electrons. The Morgan fingerprint density at radius 3 is 1.89 bits per heavy atom. The van der Waals surface area contributed by atoms with Gasteiger partial charge in [0.05, 0.1) is 0 Å². The molecular weight excluding hydrogens is 348 g/mol. The van der Waals surface area contributed by atoms with Crippen molar-refractivity contribution in [2.45, 2.75) is 60.2 Å². The summed E-state index contributed by atoms with van der Waals surface area (Å²) >= 11 is 0. The van der Waals surface area contributed by atoms with Crippen LogP contribution in [0.3, 0.4) is 0 Å². The molecule has 0 saturated carbocycles. The number of methoxy groups -OCH3 is 1. The van der Waals surface area contributed by atoms with Gasteiger partial charge in [-0.1, -0.05) is 71.9 Å². The highest BCUT2D eigenvalue weighted by Gasteiger charge is 2.30. The van der Waals surface area contributed by atoms with E-state index in [0.717, 1.165) is 17.9 Å². The summed E-state index contributed by atoms with van der Waals surface area (Å²) in [6.07, 6.45) is 0.682. The number of rotatable bonds is 8. The van der Waals surface area contributed by atoms with Crippen molar-refractivity contribution in [1.82, 2.24) is 0 Å². The van der Waals surface area contributed by atoms with Crippen LogP contribution in [0.4, 0.5) is 0 Å². The van der Waals surface area contributed by atoms with Crippen molar-refractivity contribution in [2.24, 2.45) is 10.8 Å². The van der Waals surface area contributed by atoms with Gasteiger partial charge in [-0.15, -0.1) is 0 Å². The van der Waals surface area contributed by atoms with E-state index >= 15 is 0 Å². The van der Waals surface area contributed by atoms with Gasteiger partial charge in [0.1, 0.15) is 11.5 Å². The zero-order valence-corrected chi connectivity index (χ0v) is 18.5. The van der Waals surface area contributed by atoms with E-state index in [4.69, 9.17) is 14.2 Å². The Hall–Kier alpha value is -2.00. The first-order valence-electron chi connectivity index (χ1n) is 10.1. The summed E-state index contributed by atoms with van der Waals surface area (Å²) in [5.74, 6) is 2.08. The molecule has 0 aromatic heterocycles. The Morgan fingerprint density at radius 1 is 0.786 bits per heavy atom. The quantitative estimate of drug-likeness (QED) is 0.475. The Kier molecular flexibility index (Phi) is 7.54. The molecule has 2 unspecified atom stereocenters. The molecule has 0 aliphatic heterocycles. The third-order valence-corrected chi connectivity index (χ3v) is 4.80. The molecule has 0 spiro atoms. The highest BCUT2D eigenvalue weighted by atomic mass is 16.7. The lowest BCUT2D eigenvalue weighted by Crippen LogP contribution is -2.27. The molecule has 0 N–H and O–H groups in total. The summed E-state index contributed by atoms with van der Waals surface area (Å²) in [4.78, 5) is 0. The van der Waals surface area contributed by atoms with Crippen LogP contribution in [-0.2, 0) is 4.74 Å². The van der Waals surface area contributed by atoms with Gasteiger partial charge >= 0.3 is 0 Å². The molecule has 3 nitrogen and oxygen atoms in total. The standard InChI is InChI=1S/C25H36O3/c1-24(2,3)17-22(25(4,5)6)19-13-15-21(16-14-19)28-23(26-7)18-27-20-11-9-8-10-12-20/h8-16,22-23H,17-18H2,1-7H3. The molecule has 0 aliphatic carbocycles. The first-order valence-corrected chi connectivity index (χ1v) is 10.1. The molecule has 2 aromatic carbocycles. The van der Waals surface area contributed by atoms with E-state index in [1.807, 2.05) is 42.5 Å². The minimum absolute atomic E-state index is 0.203. The van der Waals surface area contributed by atoms with Gasteiger partial charge < -0.3 is 14.2 Å². The second-order valence-corrected chi connectivity index (χ2v) is 9.66. The fraction of sp³-hybridized carbons (Fsp3) is 0.520. The minimum atomic E-state index is -0.459. The van der Waals surface area contributed by atoms with Gasteiger partial charge in [-0.3, -0.25) is 0 Å². The highest BCUT2D eigenvalue weighted by molar-refractivity contribution is 5.31. The fourth-order valence-electron chi connectivity index (χ4n) is 3.30. The van der Waals surface area contributed by atoms with Crippen molar-refractivity contribution in [3.8, 4) is 11.5 Å². The van der Waals surface area contributed by atoms with E-state index in [-0.39, 0.29) is 10.8 Å². The Bertz CT molecular complexity index is 693. The predicted octanol–water partition coefficient (Wildman–Crippen LogP) is 6.68. The second kappa shape index (κ2) is 9.47. The van der Waals surface area contributed by atoms with Gasteiger partial charge in [0.2, 0.25) is 6.29 Å². The first kappa shape index (κ1) is 22.3. The third-order valence-electron chi connectivity index (χ3n) is 4.80. The highest BCUT2D eigenvalue weighted by Crippen LogP contribution is 2.43. The molecule has 2 atom stereocenters. The van der Waals surface area contributed by atoms with Gasteiger partial charge in [0, 0.05) is 7.11 Å². The summed E-state index contributed by atoms with van der Waals surface area (Å²) in [6, 6.07) is 18.1. The Morgan fingerprint density at radius 2 is 1.39 bits per heavy atom. The topological polar surface area (TPSA) is 27.7 Å². The average Bonchev–Trinajstić information content (AvgIpc) is 2.63. The molecule has 0 bridgehead atoms. The van der Waals surface area contributed by atoms with E-state index < -0.39 is 6.29 Å². The SMILES string of the molecule is COC(COc1ccccc1)Oc1ccc(C(CC(C)(C)C)C(C)(C)C)cc1. The maximum Gasteiger partial charge on any atom is 0.234 e. The smallest absolute Gasteiger partial charge is 0.234 e. The molecule has 0 fully saturated rings. The third kappa shape index (κ3) is 7.20. The molecule has 0 amide bonds. The van der Waals surface area contributed by atoms with Crippen LogP contribution in [0.5, 0.6) is 11.5 Å². The van der Waals surface area contributed by atoms with Crippen molar-refractivity contribution in [3.63, 3.8) is 0 Å². The molecule has 154 valence electrons. The molecule has 0 aliphatic rings. The number of ether oxygens (including phenoxy) is 3. The van der Waals surface area contributed by atoms with Gasteiger partial charge in [-0.2, -0.15) is 0 Å². The van der Waals surface area contributed by atoms with E-state index in [1.54, 1.807) is 7.11 Å². The fourth-order valence-corrected chi connectivity index (χ4v) is 3.30. The van der Waals surface area contributed by atoms with Crippen LogP contribution in [0.25, 0.3) is 0 Å². The summed E-state index contributed by atoms with van der Waals surface area (Å²) in [5.41, 5.74) is 1.83. The molecular formula is C25H36O3. The largest absolute Gasteiger partial charge is 0.487 e. The zero-order chi connectivity index (χ0) is 20.8. The lowest BCUT2D eigenvalue weighted by Gasteiger charge is -2.36. The van der Waals surface area contributed by atoms with Crippen molar-refractivity contribution in [1.29, 1.82) is 0 Å². The number of hydrogen-bond donors (Lipinski definition) is 0. The molecule has 0 heterocycles. The Balaban J connectivity index is 2.03. The summed E-state index contributed by atoms with van der Waals surface area (Å²) in [6.45, 7) is 14.2. The molecule has 2 rings (SSSR count). The zero-order valence-electron chi connectivity index (χ0n) is 18.5. The van der Waals surface area contributed by atoms with E-state index in [2.05, 4.69) is 53.7 Å². The van der Waals surface area contributed by atoms with Crippen molar-refractivity contribution in [2.75, 3.05) is 13.7 Å². The number of para-hydroxylation sites is 1. The van der Waals surface area contributed by atoms with E-state index in [0.29, 0.717) is 12.5 Å². The van der Waals surface area contributed by atoms with Gasteiger partial charge in [-0.25, -0.2) is 0 Å². The van der Waals surface area contributed by atoms with Crippen LogP contribution < -0.4 is 9.47 Å². The van der Waals surface area contributed by atoms with Crippen molar-refractivity contribution in [3.05, 3.63) is 60.2 Å². The van der Waals surface area contributed by atoms with E-state index in [9.17, 15) is 0 Å². The maximum absolute atomic E-state index is 5.96. The molecule has 0 saturated heterocycles. The van der Waals surface area contributed by atoms with Gasteiger partial charge in [-0.05, 0) is 53.0 Å². The van der Waals surface area contributed by atoms with Crippen LogP contribution in [0.2, 0.25) is 0 Å². The Labute approximate surface area is 171 Å². The van der Waals surface area contributed by atoms with Crippen LogP contribution in [-0.4, -0.2) is 20.0 Å². The van der Waals surface area contributed by atoms with Crippen molar-refractivity contribution < 1.29 is 14.2 Å². The summed E-state index contributed by atoms with van der Waals surface area (Å²) < 4.78 is 17.1. The lowest BCUT2D eigenvalue weighted by atomic mass is 9.69. The molecule has 3 heteroatoms. The van der Waals surface area contributed by atoms with E-state index in [1.165, 1.54) is 5.56 Å². The van der Waals surface area contributed by atoms with Gasteiger partial charge in [0.15, 0.2) is 6.61 Å². The normalized spacial score (nSPS) is 14.4. The lowest BCUT2D eigenvalue weighted by molar-refractivity contribution is -0.0781. The van der Waals surface area contributed by atoms with Crippen LogP contribution >= 0.6 is 0 Å². The summed E-state index contributed by atoms with van der Waals surface area (Å²) in [7, 11) is 1.63. The number of benzene rings is 2. The molecule has 28 heavy (non-hydrogen) atoms. The first-order chi connectivity index (χ1) is 13.1. The van der Waals surface area contributed by atoms with Crippen LogP contribution in [0.15, 0.2) is 54.6 Å². The van der Waals surface area contributed by atoms with Crippen LogP contribution in [0, 0.1) is 10.8 Å². The summed E-state index contributed by atoms with van der Waals surface area (Å²) in [5, 5.41) is 0.